The van der Waals surface area contributed by atoms with Gasteiger partial charge in [0.25, 0.3) is 5.91 Å². The fraction of sp³-hybridized carbons (Fsp3) is 0.500. The largest absolute Gasteiger partial charge is 0.358 e. The van der Waals surface area contributed by atoms with E-state index in [0.717, 1.165) is 12.8 Å². The second-order valence-corrected chi connectivity index (χ2v) is 3.89. The van der Waals surface area contributed by atoms with Gasteiger partial charge in [0.2, 0.25) is 0 Å². The number of carbonyl (C=O) groups is 1. The van der Waals surface area contributed by atoms with E-state index in [1.807, 2.05) is 6.92 Å². The van der Waals surface area contributed by atoms with Crippen LogP contribution in [0.1, 0.15) is 30.3 Å². The highest BCUT2D eigenvalue weighted by molar-refractivity contribution is 9.10. The van der Waals surface area contributed by atoms with E-state index in [9.17, 15) is 14.9 Å². The Morgan fingerprint density at radius 2 is 2.38 bits per heavy atom. The van der Waals surface area contributed by atoms with Crippen molar-refractivity contribution in [3.63, 3.8) is 0 Å². The Balaban J connectivity index is 2.73. The molecule has 0 spiro atoms. The van der Waals surface area contributed by atoms with Gasteiger partial charge in [-0.25, -0.2) is 0 Å². The highest BCUT2D eigenvalue weighted by Gasteiger charge is 2.24. The van der Waals surface area contributed by atoms with Crippen molar-refractivity contribution < 1.29 is 9.72 Å². The van der Waals surface area contributed by atoms with Crippen molar-refractivity contribution in [1.29, 1.82) is 0 Å². The quantitative estimate of drug-likeness (QED) is 0.489. The molecule has 1 aromatic heterocycles. The molecule has 0 aliphatic heterocycles. The zero-order valence-electron chi connectivity index (χ0n) is 8.62. The van der Waals surface area contributed by atoms with Crippen LogP contribution in [-0.4, -0.2) is 27.6 Å². The van der Waals surface area contributed by atoms with Crippen LogP contribution in [0.4, 0.5) is 5.82 Å². The lowest BCUT2D eigenvalue weighted by molar-refractivity contribution is -0.390. The summed E-state index contributed by atoms with van der Waals surface area (Å²) in [6, 6.07) is 0. The number of hydrogen-bond donors (Lipinski definition) is 2. The first-order chi connectivity index (χ1) is 7.57. The highest BCUT2D eigenvalue weighted by Crippen LogP contribution is 2.25. The number of amides is 1. The summed E-state index contributed by atoms with van der Waals surface area (Å²) in [5, 5.41) is 18.9. The number of rotatable bonds is 5. The molecule has 0 radical (unpaired) electrons. The van der Waals surface area contributed by atoms with Crippen LogP contribution in [0.2, 0.25) is 0 Å². The van der Waals surface area contributed by atoms with E-state index in [1.54, 1.807) is 0 Å². The van der Waals surface area contributed by atoms with Crippen LogP contribution in [0.5, 0.6) is 0 Å². The molecule has 88 valence electrons. The predicted octanol–water partition coefficient (Wildman–Crippen LogP) is 1.61. The van der Waals surface area contributed by atoms with E-state index in [1.165, 1.54) is 0 Å². The molecule has 1 amide bonds. The van der Waals surface area contributed by atoms with Gasteiger partial charge >= 0.3 is 5.82 Å². The monoisotopic (exact) mass is 290 g/mol. The van der Waals surface area contributed by atoms with Crippen LogP contribution in [0.3, 0.4) is 0 Å². The molecule has 1 heterocycles. The first-order valence-corrected chi connectivity index (χ1v) is 5.53. The van der Waals surface area contributed by atoms with E-state index in [2.05, 4.69) is 31.4 Å². The van der Waals surface area contributed by atoms with Gasteiger partial charge in [-0.3, -0.25) is 4.79 Å². The third kappa shape index (κ3) is 2.78. The first kappa shape index (κ1) is 12.6. The summed E-state index contributed by atoms with van der Waals surface area (Å²) in [4.78, 5) is 21.4. The molecular formula is C8H11BrN4O3. The van der Waals surface area contributed by atoms with Crippen LogP contribution in [0, 0.1) is 10.1 Å². The number of nitrogens with one attached hydrogen (secondary N) is 2. The number of carbonyl (C=O) groups excluding carboxylic acids is 1. The Morgan fingerprint density at radius 3 is 2.88 bits per heavy atom. The van der Waals surface area contributed by atoms with Crippen molar-refractivity contribution in [2.24, 2.45) is 0 Å². The number of halogens is 1. The van der Waals surface area contributed by atoms with E-state index >= 15 is 0 Å². The Kier molecular flexibility index (Phi) is 4.41. The second kappa shape index (κ2) is 5.59. The van der Waals surface area contributed by atoms with Crippen molar-refractivity contribution in [2.75, 3.05) is 6.54 Å². The average molecular weight is 291 g/mol. The molecule has 7 nitrogen and oxygen atoms in total. The van der Waals surface area contributed by atoms with Gasteiger partial charge in [-0.2, -0.15) is 0 Å². The Bertz CT molecular complexity index is 404. The zero-order valence-corrected chi connectivity index (χ0v) is 10.2. The minimum absolute atomic E-state index is 0.00260. The minimum atomic E-state index is -0.639. The van der Waals surface area contributed by atoms with Crippen molar-refractivity contribution in [2.45, 2.75) is 19.8 Å². The molecule has 0 aromatic carbocycles. The van der Waals surface area contributed by atoms with Crippen LogP contribution in [-0.2, 0) is 0 Å². The zero-order chi connectivity index (χ0) is 12.1. The van der Waals surface area contributed by atoms with Crippen LogP contribution in [0.15, 0.2) is 4.47 Å². The molecule has 0 saturated carbocycles. The van der Waals surface area contributed by atoms with Gasteiger partial charge in [-0.1, -0.05) is 18.4 Å². The summed E-state index contributed by atoms with van der Waals surface area (Å²) in [6.07, 6.45) is 1.82. The summed E-state index contributed by atoms with van der Waals surface area (Å²) in [5.41, 5.74) is 0.00260. The van der Waals surface area contributed by atoms with E-state index in [4.69, 9.17) is 0 Å². The number of aromatic nitrogens is 2. The molecule has 1 aromatic rings. The number of unbranched alkanes of at least 4 members (excludes halogenated alkanes) is 1. The van der Waals surface area contributed by atoms with Crippen molar-refractivity contribution in [3.05, 3.63) is 20.3 Å². The van der Waals surface area contributed by atoms with Gasteiger partial charge in [-0.05, 0) is 27.3 Å². The molecule has 0 aliphatic carbocycles. The molecule has 0 aliphatic rings. The smallest absolute Gasteiger partial charge is 0.357 e. The lowest BCUT2D eigenvalue weighted by Gasteiger charge is -2.00. The molecule has 8 heteroatoms. The third-order valence-electron chi connectivity index (χ3n) is 1.90. The first-order valence-electron chi connectivity index (χ1n) is 4.74. The Labute approximate surface area is 99.9 Å². The number of H-pyrrole nitrogens is 1. The maximum Gasteiger partial charge on any atom is 0.357 e. The molecule has 1 rings (SSSR count). The van der Waals surface area contributed by atoms with E-state index < -0.39 is 10.8 Å². The van der Waals surface area contributed by atoms with Crippen LogP contribution < -0.4 is 5.32 Å². The maximum absolute atomic E-state index is 11.5. The van der Waals surface area contributed by atoms with Gasteiger partial charge in [0, 0.05) is 6.54 Å². The molecule has 16 heavy (non-hydrogen) atoms. The molecule has 0 fully saturated rings. The third-order valence-corrected chi connectivity index (χ3v) is 2.65. The number of nitro groups is 1. The molecule has 0 saturated heterocycles. The normalized spacial score (nSPS) is 10.1. The molecular weight excluding hydrogens is 280 g/mol. The van der Waals surface area contributed by atoms with Crippen molar-refractivity contribution in [3.8, 4) is 0 Å². The summed E-state index contributed by atoms with van der Waals surface area (Å²) in [5.74, 6) is -0.745. The maximum atomic E-state index is 11.5. The summed E-state index contributed by atoms with van der Waals surface area (Å²) in [6.45, 7) is 2.53. The Morgan fingerprint density at radius 1 is 1.69 bits per heavy atom. The summed E-state index contributed by atoms with van der Waals surface area (Å²) in [7, 11) is 0. The topological polar surface area (TPSA) is 101 Å². The number of aromatic amines is 1. The molecule has 2 N–H and O–H groups in total. The standard InChI is InChI=1S/C8H11BrN4O3/c1-2-3-4-10-8(14)6-5(9)7(12-11-6)13(15)16/h2-4H2,1H3,(H,10,14)(H,11,12). The second-order valence-electron chi connectivity index (χ2n) is 3.10. The van der Waals surface area contributed by atoms with E-state index in [-0.39, 0.29) is 16.0 Å². The lowest BCUT2D eigenvalue weighted by Crippen LogP contribution is -2.25. The number of nitrogens with zero attached hydrogens (tertiary/aromatic N) is 2. The fourth-order valence-corrected chi connectivity index (χ4v) is 1.56. The van der Waals surface area contributed by atoms with Gasteiger partial charge in [0.15, 0.2) is 5.69 Å². The van der Waals surface area contributed by atoms with E-state index in [0.29, 0.717) is 6.54 Å². The minimum Gasteiger partial charge on any atom is -0.358 e. The average Bonchev–Trinajstić information content (AvgIpc) is 2.60. The van der Waals surface area contributed by atoms with Gasteiger partial charge < -0.3 is 15.4 Å². The van der Waals surface area contributed by atoms with Crippen molar-refractivity contribution in [1.82, 2.24) is 15.5 Å². The Hall–Kier alpha value is -1.44. The van der Waals surface area contributed by atoms with Crippen LogP contribution >= 0.6 is 15.9 Å². The SMILES string of the molecule is CCCCNC(=O)c1n[nH]c([N+](=O)[O-])c1Br. The lowest BCUT2D eigenvalue weighted by atomic mass is 10.3. The van der Waals surface area contributed by atoms with Crippen LogP contribution in [0.25, 0.3) is 0 Å². The van der Waals surface area contributed by atoms with Gasteiger partial charge in [0.1, 0.15) is 4.47 Å². The number of hydrogen-bond acceptors (Lipinski definition) is 4. The molecule has 0 atom stereocenters. The van der Waals surface area contributed by atoms with Gasteiger partial charge in [-0.15, -0.1) is 5.10 Å². The molecule has 0 unspecified atom stereocenters. The highest BCUT2D eigenvalue weighted by atomic mass is 79.9. The predicted molar refractivity (Wildman–Crippen MR) is 60.2 cm³/mol. The fourth-order valence-electron chi connectivity index (χ4n) is 1.05. The molecule has 0 bridgehead atoms. The van der Waals surface area contributed by atoms with Gasteiger partial charge in [0.05, 0.1) is 0 Å². The van der Waals surface area contributed by atoms with Crippen molar-refractivity contribution >= 4 is 27.7 Å². The summed E-state index contributed by atoms with van der Waals surface area (Å²) < 4.78 is 0.0755. The summed E-state index contributed by atoms with van der Waals surface area (Å²) >= 11 is 2.97.